The molecule has 0 heterocycles. The predicted molar refractivity (Wildman–Crippen MR) is 47.9 cm³/mol. The summed E-state index contributed by atoms with van der Waals surface area (Å²) in [4.78, 5) is -2.66. The second-order valence-electron chi connectivity index (χ2n) is 1.70. The van der Waals surface area contributed by atoms with E-state index in [2.05, 4.69) is 22.0 Å². The van der Waals surface area contributed by atoms with E-state index in [4.69, 9.17) is 13.6 Å². The van der Waals surface area contributed by atoms with Crippen LogP contribution in [0.1, 0.15) is 0 Å². The van der Waals surface area contributed by atoms with Crippen LogP contribution < -0.4 is 0 Å². The Balaban J connectivity index is 4.20. The Morgan fingerprint density at radius 3 is 1.22 bits per heavy atom. The van der Waals surface area contributed by atoms with Gasteiger partial charge in [-0.25, -0.2) is 0 Å². The summed E-state index contributed by atoms with van der Waals surface area (Å²) in [5, 5.41) is 0. The topological polar surface area (TPSA) is 27.7 Å². The average molecular weight is 266 g/mol. The molecule has 0 aliphatic heterocycles. The van der Waals surface area contributed by atoms with Crippen molar-refractivity contribution >= 4 is 27.0 Å². The number of hydrogen-bond donors (Lipinski definition) is 0. The van der Waals surface area contributed by atoms with Gasteiger partial charge in [-0.1, -0.05) is 0 Å². The molecule has 0 rings (SSSR count). The van der Waals surface area contributed by atoms with Crippen molar-refractivity contribution in [3.8, 4) is 0 Å². The van der Waals surface area contributed by atoms with Crippen molar-refractivity contribution in [2.45, 2.75) is 0 Å². The molecular formula is C4H12IO3P. The van der Waals surface area contributed by atoms with Gasteiger partial charge in [0.05, 0.1) is 0 Å². The van der Waals surface area contributed by atoms with Crippen molar-refractivity contribution < 1.29 is 13.6 Å². The van der Waals surface area contributed by atoms with Crippen molar-refractivity contribution in [2.75, 3.05) is 28.0 Å². The standard InChI is InChI=1S/C4H12IO3P/c1-6-9(4,5,7-2)8-3/h1-4H3. The molecule has 0 aromatic carbocycles. The van der Waals surface area contributed by atoms with Crippen molar-refractivity contribution in [3.63, 3.8) is 0 Å². The second kappa shape index (κ2) is 2.96. The molecule has 0 unspecified atom stereocenters. The van der Waals surface area contributed by atoms with Crippen LogP contribution in [0.15, 0.2) is 0 Å². The van der Waals surface area contributed by atoms with Crippen LogP contribution in [0, 0.1) is 0 Å². The van der Waals surface area contributed by atoms with Crippen LogP contribution in [-0.2, 0) is 13.6 Å². The Labute approximate surface area is 68.7 Å². The van der Waals surface area contributed by atoms with Gasteiger partial charge in [0.1, 0.15) is 0 Å². The molecule has 0 aromatic heterocycles. The molecular weight excluding hydrogens is 254 g/mol. The third-order valence-corrected chi connectivity index (χ3v) is 7.15. The van der Waals surface area contributed by atoms with E-state index in [0.717, 1.165) is 0 Å². The van der Waals surface area contributed by atoms with Crippen LogP contribution in [0.3, 0.4) is 0 Å². The van der Waals surface area contributed by atoms with Crippen molar-refractivity contribution in [1.82, 2.24) is 0 Å². The minimum absolute atomic E-state index is 1.58. The molecule has 0 saturated carbocycles. The summed E-state index contributed by atoms with van der Waals surface area (Å²) < 4.78 is 15.3. The van der Waals surface area contributed by atoms with Crippen LogP contribution in [0.5, 0.6) is 0 Å². The molecule has 0 aliphatic carbocycles. The summed E-state index contributed by atoms with van der Waals surface area (Å²) >= 11 is 2.06. The van der Waals surface area contributed by atoms with E-state index in [1.54, 1.807) is 21.3 Å². The fraction of sp³-hybridized carbons (Fsp3) is 1.00. The molecule has 0 aromatic rings. The first-order chi connectivity index (χ1) is 3.96. The Morgan fingerprint density at radius 2 is 1.22 bits per heavy atom. The van der Waals surface area contributed by atoms with Gasteiger partial charge in [-0.2, -0.15) is 0 Å². The van der Waals surface area contributed by atoms with Crippen molar-refractivity contribution in [1.29, 1.82) is 0 Å². The summed E-state index contributed by atoms with van der Waals surface area (Å²) in [6.07, 6.45) is 0. The second-order valence-corrected chi connectivity index (χ2v) is 11.5. The first-order valence-electron chi connectivity index (χ1n) is 2.39. The third-order valence-electron chi connectivity index (χ3n) is 1.20. The van der Waals surface area contributed by atoms with E-state index in [1.165, 1.54) is 0 Å². The van der Waals surface area contributed by atoms with E-state index in [1.807, 2.05) is 6.66 Å². The van der Waals surface area contributed by atoms with Crippen LogP contribution in [0.2, 0.25) is 0 Å². The fourth-order valence-electron chi connectivity index (χ4n) is 0.224. The normalized spacial score (nSPS) is 16.8. The molecule has 5 heteroatoms. The van der Waals surface area contributed by atoms with E-state index < -0.39 is 4.93 Å². The van der Waals surface area contributed by atoms with E-state index >= 15 is 0 Å². The monoisotopic (exact) mass is 266 g/mol. The Kier molecular flexibility index (Phi) is 3.31. The zero-order chi connectivity index (χ0) is 7.57. The Bertz CT molecular complexity index is 87.0. The fourth-order valence-corrected chi connectivity index (χ4v) is 0.671. The van der Waals surface area contributed by atoms with Gasteiger partial charge in [0.25, 0.3) is 0 Å². The summed E-state index contributed by atoms with van der Waals surface area (Å²) in [5.41, 5.74) is 0. The first-order valence-corrected chi connectivity index (χ1v) is 7.61. The van der Waals surface area contributed by atoms with Crippen LogP contribution >= 0.6 is 27.0 Å². The van der Waals surface area contributed by atoms with Gasteiger partial charge in [-0.15, -0.1) is 0 Å². The van der Waals surface area contributed by atoms with Gasteiger partial charge in [0.2, 0.25) is 0 Å². The van der Waals surface area contributed by atoms with Gasteiger partial charge in [0.15, 0.2) is 0 Å². The summed E-state index contributed by atoms with van der Waals surface area (Å²) in [6, 6.07) is 0. The quantitative estimate of drug-likeness (QED) is 0.579. The summed E-state index contributed by atoms with van der Waals surface area (Å²) in [5.74, 6) is 0. The average Bonchev–Trinajstić information content (AvgIpc) is 1.90. The van der Waals surface area contributed by atoms with E-state index in [0.29, 0.717) is 0 Å². The van der Waals surface area contributed by atoms with Crippen LogP contribution in [0.4, 0.5) is 0 Å². The van der Waals surface area contributed by atoms with Gasteiger partial charge in [-0.05, 0) is 0 Å². The molecule has 0 saturated heterocycles. The molecule has 0 aliphatic rings. The molecule has 0 atom stereocenters. The molecule has 3 nitrogen and oxygen atoms in total. The molecule has 58 valence electrons. The van der Waals surface area contributed by atoms with E-state index in [-0.39, 0.29) is 0 Å². The Hall–Kier alpha value is 1.04. The maximum atomic E-state index is 5.10. The van der Waals surface area contributed by atoms with Crippen molar-refractivity contribution in [3.05, 3.63) is 0 Å². The van der Waals surface area contributed by atoms with Gasteiger partial charge in [0, 0.05) is 0 Å². The molecule has 9 heavy (non-hydrogen) atoms. The number of hydrogen-bond acceptors (Lipinski definition) is 3. The summed E-state index contributed by atoms with van der Waals surface area (Å²) in [7, 11) is 4.74. The SMILES string of the molecule is COP(C)(I)(OC)OC. The Morgan fingerprint density at radius 1 is 1.00 bits per heavy atom. The number of rotatable bonds is 3. The zero-order valence-electron chi connectivity index (χ0n) is 6.05. The molecule has 0 radical (unpaired) electrons. The predicted octanol–water partition coefficient (Wildman–Crippen LogP) is 2.20. The van der Waals surface area contributed by atoms with Crippen molar-refractivity contribution in [2.24, 2.45) is 0 Å². The minimum atomic E-state index is -2.66. The van der Waals surface area contributed by atoms with Crippen LogP contribution in [0.25, 0.3) is 0 Å². The zero-order valence-corrected chi connectivity index (χ0v) is 9.10. The molecule has 0 amide bonds. The molecule has 0 spiro atoms. The van der Waals surface area contributed by atoms with Gasteiger partial charge < -0.3 is 0 Å². The van der Waals surface area contributed by atoms with Gasteiger partial charge in [-0.3, -0.25) is 0 Å². The molecule has 0 fully saturated rings. The summed E-state index contributed by atoms with van der Waals surface area (Å²) in [6.45, 7) is 1.83. The van der Waals surface area contributed by atoms with Gasteiger partial charge >= 0.3 is 68.5 Å². The molecule has 0 bridgehead atoms. The number of halogens is 1. The van der Waals surface area contributed by atoms with E-state index in [9.17, 15) is 0 Å². The third kappa shape index (κ3) is 2.63. The first kappa shape index (κ1) is 10.0. The molecule has 0 N–H and O–H groups in total. The van der Waals surface area contributed by atoms with Crippen LogP contribution in [-0.4, -0.2) is 28.0 Å². The maximum absolute atomic E-state index is 5.10.